The van der Waals surface area contributed by atoms with Gasteiger partial charge >= 0.3 is 5.06 Å². The number of ketones is 1. The number of hydrogen-bond donors (Lipinski definition) is 2. The van der Waals surface area contributed by atoms with Gasteiger partial charge in [-0.1, -0.05) is 94.2 Å². The Bertz CT molecular complexity index is 2350. The minimum absolute atomic E-state index is 0.163. The normalized spacial score (nSPS) is 12.9. The van der Waals surface area contributed by atoms with Gasteiger partial charge in [-0.2, -0.15) is 0 Å². The molecular formula is C42H43ClN2O9S2. The van der Waals surface area contributed by atoms with E-state index in [0.29, 0.717) is 23.8 Å². The predicted molar refractivity (Wildman–Crippen MR) is 216 cm³/mol. The molecule has 0 bridgehead atoms. The third-order valence-electron chi connectivity index (χ3n) is 8.32. The van der Waals surface area contributed by atoms with Gasteiger partial charge in [0.15, 0.2) is 0 Å². The van der Waals surface area contributed by atoms with Gasteiger partial charge in [0.05, 0.1) is 27.0 Å². The molecule has 294 valence electrons. The fourth-order valence-corrected chi connectivity index (χ4v) is 8.25. The summed E-state index contributed by atoms with van der Waals surface area (Å²) in [6.07, 6.45) is 1.74. The van der Waals surface area contributed by atoms with Crippen molar-refractivity contribution in [1.29, 1.82) is 0 Å². The number of anilines is 2. The Labute approximate surface area is 332 Å². The van der Waals surface area contributed by atoms with E-state index < -0.39 is 52.6 Å². The lowest BCUT2D eigenvalue weighted by molar-refractivity contribution is -0.144. The molecule has 5 aromatic rings. The highest BCUT2D eigenvalue weighted by Gasteiger charge is 2.51. The Balaban J connectivity index is 1.53. The molecule has 5 rings (SSSR count). The number of amides is 1. The van der Waals surface area contributed by atoms with Gasteiger partial charge in [0, 0.05) is 17.2 Å². The molecule has 0 spiro atoms. The maximum atomic E-state index is 14.2. The minimum Gasteiger partial charge on any atom is -0.494 e. The predicted octanol–water partition coefficient (Wildman–Crippen LogP) is 8.65. The van der Waals surface area contributed by atoms with Crippen molar-refractivity contribution in [3.05, 3.63) is 133 Å². The summed E-state index contributed by atoms with van der Waals surface area (Å²) >= 11 is 6.79. The Morgan fingerprint density at radius 2 is 1.25 bits per heavy atom. The van der Waals surface area contributed by atoms with Gasteiger partial charge in [0.25, 0.3) is 15.9 Å². The zero-order chi connectivity index (χ0) is 40.6. The lowest BCUT2D eigenvalue weighted by Crippen LogP contribution is -2.54. The molecule has 0 aliphatic heterocycles. The number of halogens is 1. The van der Waals surface area contributed by atoms with Crippen molar-refractivity contribution in [2.45, 2.75) is 66.9 Å². The largest absolute Gasteiger partial charge is 0.494 e. The molecule has 0 saturated carbocycles. The number of ether oxygens (including phenoxy) is 3. The van der Waals surface area contributed by atoms with Crippen LogP contribution in [-0.4, -0.2) is 40.2 Å². The third-order valence-corrected chi connectivity index (χ3v) is 12.0. The van der Waals surface area contributed by atoms with Crippen LogP contribution in [0, 0.1) is 5.41 Å². The first kappa shape index (κ1) is 41.8. The molecule has 1 atom stereocenters. The van der Waals surface area contributed by atoms with E-state index in [1.165, 1.54) is 54.6 Å². The fourth-order valence-electron chi connectivity index (χ4n) is 5.30. The first-order chi connectivity index (χ1) is 26.5. The maximum absolute atomic E-state index is 14.2. The number of hydrogen-bond acceptors (Lipinski definition) is 9. The second kappa shape index (κ2) is 17.6. The zero-order valence-electron chi connectivity index (χ0n) is 31.3. The van der Waals surface area contributed by atoms with Crippen molar-refractivity contribution in [2.75, 3.05) is 16.6 Å². The van der Waals surface area contributed by atoms with Crippen molar-refractivity contribution < 1.29 is 40.6 Å². The summed E-state index contributed by atoms with van der Waals surface area (Å²) in [7, 11) is -8.86. The number of carbonyl (C=O) groups is 2. The minimum atomic E-state index is -4.44. The molecule has 0 aromatic heterocycles. The van der Waals surface area contributed by atoms with E-state index in [0.717, 1.165) is 30.5 Å². The molecule has 56 heavy (non-hydrogen) atoms. The third kappa shape index (κ3) is 10.3. The lowest BCUT2D eigenvalue weighted by atomic mass is 9.86. The van der Waals surface area contributed by atoms with Gasteiger partial charge in [-0.05, 0) is 84.8 Å². The average Bonchev–Trinajstić information content (AvgIpc) is 3.17. The average molecular weight is 819 g/mol. The number of Topliss-reactive ketones (excluding diaryl/α,β-unsaturated/α-hetero) is 1. The number of rotatable bonds is 17. The highest BCUT2D eigenvalue weighted by atomic mass is 35.5. The van der Waals surface area contributed by atoms with E-state index >= 15 is 0 Å². The van der Waals surface area contributed by atoms with Gasteiger partial charge < -0.3 is 19.5 Å². The van der Waals surface area contributed by atoms with E-state index in [-0.39, 0.29) is 22.1 Å². The second-order valence-electron chi connectivity index (χ2n) is 13.8. The summed E-state index contributed by atoms with van der Waals surface area (Å²) in [5.74, 6) is -1.23. The molecule has 0 radical (unpaired) electrons. The summed E-state index contributed by atoms with van der Waals surface area (Å²) in [6.45, 7) is 7.40. The van der Waals surface area contributed by atoms with E-state index in [2.05, 4.69) is 10.0 Å². The zero-order valence-corrected chi connectivity index (χ0v) is 33.7. The Morgan fingerprint density at radius 3 is 1.84 bits per heavy atom. The molecule has 11 nitrogen and oxygen atoms in total. The Kier molecular flexibility index (Phi) is 13.1. The number of para-hydroxylation sites is 1. The number of benzene rings is 5. The van der Waals surface area contributed by atoms with Gasteiger partial charge in [-0.15, -0.1) is 0 Å². The van der Waals surface area contributed by atoms with Crippen LogP contribution in [0.3, 0.4) is 0 Å². The molecule has 0 aliphatic rings. The van der Waals surface area contributed by atoms with Crippen LogP contribution in [0.15, 0.2) is 142 Å². The first-order valence-electron chi connectivity index (χ1n) is 17.7. The Morgan fingerprint density at radius 1 is 0.696 bits per heavy atom. The Hall–Kier alpha value is -5.37. The lowest BCUT2D eigenvalue weighted by Gasteiger charge is -2.31. The first-order valence-corrected chi connectivity index (χ1v) is 21.1. The number of sulfonamides is 1. The van der Waals surface area contributed by atoms with E-state index in [1.807, 2.05) is 37.3 Å². The van der Waals surface area contributed by atoms with Crippen molar-refractivity contribution in [2.24, 2.45) is 5.41 Å². The van der Waals surface area contributed by atoms with Crippen LogP contribution in [0.25, 0.3) is 0 Å². The molecule has 0 fully saturated rings. The summed E-state index contributed by atoms with van der Waals surface area (Å²) in [5.41, 5.74) is -0.362. The van der Waals surface area contributed by atoms with Crippen molar-refractivity contribution in [3.8, 4) is 17.2 Å². The topological polar surface area (TPSA) is 154 Å². The monoisotopic (exact) mass is 818 g/mol. The standard InChI is InChI=1S/C42H43ClN2O9S2/c1-5-6-27-52-32-19-24-36(25-20-32)56(50,51)45-37-28-34(54-42(43,39(46)41(2,3)4)40(47)44-31-15-11-8-12-16-31)21-26-38(37)55(48,49)35-22-17-33(18-23-35)53-29-30-13-9-7-10-14-30/h7-26,28,45H,5-6,27,29H2,1-4H3,(H,44,47). The highest BCUT2D eigenvalue weighted by Crippen LogP contribution is 2.37. The van der Waals surface area contributed by atoms with Crippen LogP contribution < -0.4 is 24.2 Å². The van der Waals surface area contributed by atoms with Crippen molar-refractivity contribution >= 4 is 54.5 Å². The number of carbonyl (C=O) groups excluding carboxylic acids is 2. The highest BCUT2D eigenvalue weighted by molar-refractivity contribution is 7.93. The SMILES string of the molecule is CCCCOc1ccc(S(=O)(=O)Nc2cc(OC(Cl)(C(=O)Nc3ccccc3)C(=O)C(C)(C)C)ccc2S(=O)(=O)c2ccc(OCc3ccccc3)cc2)cc1. The molecule has 0 saturated heterocycles. The molecule has 0 heterocycles. The van der Waals surface area contributed by atoms with Crippen LogP contribution in [0.1, 0.15) is 46.1 Å². The van der Waals surface area contributed by atoms with Gasteiger partial charge in [-0.3, -0.25) is 14.3 Å². The van der Waals surface area contributed by atoms with Crippen LogP contribution in [0.5, 0.6) is 17.2 Å². The van der Waals surface area contributed by atoms with Crippen LogP contribution in [-0.2, 0) is 36.1 Å². The molecule has 2 N–H and O–H groups in total. The summed E-state index contributed by atoms with van der Waals surface area (Å²) in [4.78, 5) is 26.6. The summed E-state index contributed by atoms with van der Waals surface area (Å²) < 4.78 is 75.9. The van der Waals surface area contributed by atoms with E-state index in [9.17, 15) is 26.4 Å². The van der Waals surface area contributed by atoms with Crippen LogP contribution in [0.2, 0.25) is 0 Å². The maximum Gasteiger partial charge on any atom is 0.320 e. The summed E-state index contributed by atoms with van der Waals surface area (Å²) in [6, 6.07) is 32.4. The van der Waals surface area contributed by atoms with Gasteiger partial charge in [0.1, 0.15) is 23.9 Å². The molecule has 14 heteroatoms. The van der Waals surface area contributed by atoms with E-state index in [1.54, 1.807) is 51.1 Å². The van der Waals surface area contributed by atoms with Gasteiger partial charge in [0.2, 0.25) is 15.6 Å². The van der Waals surface area contributed by atoms with Crippen molar-refractivity contribution in [3.63, 3.8) is 0 Å². The van der Waals surface area contributed by atoms with Crippen molar-refractivity contribution in [1.82, 2.24) is 0 Å². The molecule has 5 aromatic carbocycles. The number of sulfone groups is 1. The fraction of sp³-hybridized carbons (Fsp3) is 0.238. The molecule has 0 aliphatic carbocycles. The quantitative estimate of drug-likeness (QED) is 0.0533. The molecule has 1 amide bonds. The van der Waals surface area contributed by atoms with E-state index in [4.69, 9.17) is 25.8 Å². The molecular weight excluding hydrogens is 776 g/mol. The number of alkyl halides is 1. The summed E-state index contributed by atoms with van der Waals surface area (Å²) in [5, 5.41) is -0.0730. The second-order valence-corrected chi connectivity index (χ2v) is 17.9. The number of nitrogens with one attached hydrogen (secondary N) is 2. The van der Waals surface area contributed by atoms with Crippen LogP contribution in [0.4, 0.5) is 11.4 Å². The smallest absolute Gasteiger partial charge is 0.320 e. The van der Waals surface area contributed by atoms with Crippen LogP contribution >= 0.6 is 11.6 Å². The number of unbranched alkanes of at least 4 members (excludes halogenated alkanes) is 1. The molecule has 1 unspecified atom stereocenters. The van der Waals surface area contributed by atoms with Gasteiger partial charge in [-0.25, -0.2) is 16.8 Å².